The molecule has 4 rings (SSSR count). The van der Waals surface area contributed by atoms with Gasteiger partial charge in [-0.05, 0) is 59.0 Å². The lowest BCUT2D eigenvalue weighted by atomic mass is 9.95. The van der Waals surface area contributed by atoms with Gasteiger partial charge in [0.2, 0.25) is 0 Å². The quantitative estimate of drug-likeness (QED) is 0.416. The summed E-state index contributed by atoms with van der Waals surface area (Å²) in [6, 6.07) is 15.4. The van der Waals surface area contributed by atoms with Gasteiger partial charge in [0.15, 0.2) is 0 Å². The second-order valence-corrected chi connectivity index (χ2v) is 7.08. The Balaban J connectivity index is 1.53. The topological polar surface area (TPSA) is 0 Å². The summed E-state index contributed by atoms with van der Waals surface area (Å²) in [6.07, 6.45) is 4.30. The fraction of sp³-hybridized carbons (Fsp3) is 0.120. The number of halogens is 4. The summed E-state index contributed by atoms with van der Waals surface area (Å²) in [5.74, 6) is -1.18. The normalized spacial score (nSPS) is 16.0. The van der Waals surface area contributed by atoms with Crippen LogP contribution in [0.5, 0.6) is 0 Å². The van der Waals surface area contributed by atoms with E-state index in [0.717, 1.165) is 0 Å². The fourth-order valence-electron chi connectivity index (χ4n) is 3.46. The van der Waals surface area contributed by atoms with Crippen molar-refractivity contribution in [3.05, 3.63) is 113 Å². The van der Waals surface area contributed by atoms with Gasteiger partial charge in [0.1, 0.15) is 23.6 Å². The molecule has 0 saturated heterocycles. The Morgan fingerprint density at radius 3 is 1.93 bits per heavy atom. The molecule has 3 aromatic rings. The predicted octanol–water partition coefficient (Wildman–Crippen LogP) is 7.04. The lowest BCUT2D eigenvalue weighted by molar-refractivity contribution is 0.402. The summed E-state index contributed by atoms with van der Waals surface area (Å²) in [4.78, 5) is 0. The molecule has 0 nitrogen and oxygen atoms in total. The Morgan fingerprint density at radius 1 is 0.759 bits per heavy atom. The van der Waals surface area contributed by atoms with Gasteiger partial charge in [-0.25, -0.2) is 17.6 Å². The smallest absolute Gasteiger partial charge is 0.131 e. The third kappa shape index (κ3) is 4.32. The van der Waals surface area contributed by atoms with Crippen molar-refractivity contribution in [2.45, 2.75) is 19.0 Å². The van der Waals surface area contributed by atoms with Crippen molar-refractivity contribution >= 4 is 5.57 Å². The summed E-state index contributed by atoms with van der Waals surface area (Å²) in [5, 5.41) is 0. The molecule has 0 amide bonds. The average Bonchev–Trinajstić information content (AvgIpc) is 2.70. The molecule has 146 valence electrons. The van der Waals surface area contributed by atoms with Crippen LogP contribution in [0.1, 0.15) is 23.1 Å². The minimum absolute atomic E-state index is 0.243. The van der Waals surface area contributed by atoms with Crippen LogP contribution in [0.3, 0.4) is 0 Å². The second kappa shape index (κ2) is 8.08. The Hall–Kier alpha value is -3.14. The number of hydrogen-bond acceptors (Lipinski definition) is 0. The van der Waals surface area contributed by atoms with Crippen LogP contribution < -0.4 is 0 Å². The Labute approximate surface area is 166 Å². The third-order valence-corrected chi connectivity index (χ3v) is 4.99. The van der Waals surface area contributed by atoms with E-state index in [1.807, 2.05) is 0 Å². The number of alkyl halides is 1. The molecule has 1 aliphatic rings. The minimum atomic E-state index is -1.02. The molecule has 3 aromatic carbocycles. The number of hydrogen-bond donors (Lipinski definition) is 0. The predicted molar refractivity (Wildman–Crippen MR) is 108 cm³/mol. The summed E-state index contributed by atoms with van der Waals surface area (Å²) in [6.45, 7) is 0. The first-order valence-electron chi connectivity index (χ1n) is 9.35. The minimum Gasteiger partial charge on any atom is -0.243 e. The van der Waals surface area contributed by atoms with Crippen LogP contribution in [-0.4, -0.2) is 6.17 Å². The summed E-state index contributed by atoms with van der Waals surface area (Å²) in [7, 11) is 0. The van der Waals surface area contributed by atoms with Crippen LogP contribution in [0, 0.1) is 17.5 Å². The van der Waals surface area contributed by atoms with E-state index in [0.29, 0.717) is 39.8 Å². The molecule has 1 atom stereocenters. The van der Waals surface area contributed by atoms with Gasteiger partial charge in [-0.15, -0.1) is 0 Å². The highest BCUT2D eigenvalue weighted by Crippen LogP contribution is 2.28. The lowest BCUT2D eigenvalue weighted by Gasteiger charge is -2.12. The van der Waals surface area contributed by atoms with Gasteiger partial charge >= 0.3 is 0 Å². The summed E-state index contributed by atoms with van der Waals surface area (Å²) >= 11 is 0. The number of benzene rings is 3. The van der Waals surface area contributed by atoms with Crippen molar-refractivity contribution in [3.8, 4) is 11.1 Å². The van der Waals surface area contributed by atoms with E-state index in [2.05, 4.69) is 0 Å². The maximum Gasteiger partial charge on any atom is 0.131 e. The zero-order valence-electron chi connectivity index (χ0n) is 15.5. The highest BCUT2D eigenvalue weighted by Gasteiger charge is 2.13. The largest absolute Gasteiger partial charge is 0.243 e. The van der Waals surface area contributed by atoms with E-state index >= 15 is 0 Å². The molecule has 0 spiro atoms. The van der Waals surface area contributed by atoms with E-state index in [9.17, 15) is 17.6 Å². The van der Waals surface area contributed by atoms with E-state index < -0.39 is 12.0 Å². The lowest BCUT2D eigenvalue weighted by Crippen LogP contribution is -2.00. The SMILES string of the molecule is Fc1ccc(-c2ccc(Cc3ccc(C4=CCC(F)C=C4)c(F)c3)cc2F)cc1. The third-order valence-electron chi connectivity index (χ3n) is 4.99. The van der Waals surface area contributed by atoms with Crippen molar-refractivity contribution < 1.29 is 17.6 Å². The van der Waals surface area contributed by atoms with Crippen molar-refractivity contribution in [3.63, 3.8) is 0 Å². The Morgan fingerprint density at radius 2 is 1.38 bits per heavy atom. The molecule has 1 unspecified atom stereocenters. The highest BCUT2D eigenvalue weighted by atomic mass is 19.1. The van der Waals surface area contributed by atoms with Gasteiger partial charge in [0.05, 0.1) is 0 Å². The Bertz CT molecular complexity index is 1090. The van der Waals surface area contributed by atoms with Crippen LogP contribution >= 0.6 is 0 Å². The molecular weight excluding hydrogens is 376 g/mol. The standard InChI is InChI=1S/C25H18F4/c26-20-7-3-18(4-8-20)22-11-1-16(14-24(22)28)13-17-2-12-23(25(29)15-17)19-5-9-21(27)10-6-19/h1-9,11-12,14-15,21H,10,13H2. The zero-order valence-corrected chi connectivity index (χ0v) is 15.5. The van der Waals surface area contributed by atoms with E-state index in [1.165, 1.54) is 42.5 Å². The molecule has 0 fully saturated rings. The van der Waals surface area contributed by atoms with E-state index in [1.54, 1.807) is 36.4 Å². The van der Waals surface area contributed by atoms with Gasteiger partial charge in [-0.3, -0.25) is 0 Å². The number of allylic oxidation sites excluding steroid dienone is 4. The number of rotatable bonds is 4. The molecule has 0 bridgehead atoms. The fourth-order valence-corrected chi connectivity index (χ4v) is 3.46. The molecule has 0 aromatic heterocycles. The van der Waals surface area contributed by atoms with Gasteiger partial charge in [-0.1, -0.05) is 48.6 Å². The molecule has 0 radical (unpaired) electrons. The first-order valence-corrected chi connectivity index (χ1v) is 9.35. The maximum atomic E-state index is 14.6. The molecule has 1 aliphatic carbocycles. The highest BCUT2D eigenvalue weighted by molar-refractivity contribution is 5.75. The molecule has 0 aliphatic heterocycles. The average molecular weight is 394 g/mol. The molecule has 0 heterocycles. The van der Waals surface area contributed by atoms with Gasteiger partial charge in [-0.2, -0.15) is 0 Å². The first kappa shape index (κ1) is 19.2. The van der Waals surface area contributed by atoms with Crippen LogP contribution in [0.2, 0.25) is 0 Å². The first-order chi connectivity index (χ1) is 14.0. The molecule has 4 heteroatoms. The van der Waals surface area contributed by atoms with Crippen molar-refractivity contribution in [1.82, 2.24) is 0 Å². The van der Waals surface area contributed by atoms with Crippen LogP contribution in [-0.2, 0) is 6.42 Å². The molecular formula is C25H18F4. The Kier molecular flexibility index (Phi) is 5.34. The second-order valence-electron chi connectivity index (χ2n) is 7.08. The summed E-state index contributed by atoms with van der Waals surface area (Å²) < 4.78 is 55.4. The van der Waals surface area contributed by atoms with Crippen molar-refractivity contribution in [2.75, 3.05) is 0 Å². The van der Waals surface area contributed by atoms with Crippen LogP contribution in [0.25, 0.3) is 16.7 Å². The monoisotopic (exact) mass is 394 g/mol. The maximum absolute atomic E-state index is 14.6. The van der Waals surface area contributed by atoms with E-state index in [4.69, 9.17) is 0 Å². The van der Waals surface area contributed by atoms with Gasteiger partial charge in [0, 0.05) is 17.5 Å². The zero-order chi connectivity index (χ0) is 20.4. The van der Waals surface area contributed by atoms with Crippen molar-refractivity contribution in [1.29, 1.82) is 0 Å². The van der Waals surface area contributed by atoms with Crippen LogP contribution in [0.4, 0.5) is 17.6 Å². The molecule has 0 saturated carbocycles. The van der Waals surface area contributed by atoms with Gasteiger partial charge in [0.25, 0.3) is 0 Å². The molecule has 0 N–H and O–H groups in total. The van der Waals surface area contributed by atoms with Crippen molar-refractivity contribution in [2.24, 2.45) is 0 Å². The summed E-state index contributed by atoms with van der Waals surface area (Å²) in [5.41, 5.74) is 3.49. The molecule has 29 heavy (non-hydrogen) atoms. The van der Waals surface area contributed by atoms with Crippen LogP contribution in [0.15, 0.2) is 78.9 Å². The van der Waals surface area contributed by atoms with E-state index in [-0.39, 0.29) is 18.1 Å². The van der Waals surface area contributed by atoms with Gasteiger partial charge < -0.3 is 0 Å².